The van der Waals surface area contributed by atoms with E-state index in [1.165, 1.54) is 24.3 Å². The molecule has 1 aliphatic heterocycles. The van der Waals surface area contributed by atoms with Gasteiger partial charge in [0.05, 0.1) is 6.54 Å². The highest BCUT2D eigenvalue weighted by Gasteiger charge is 2.48. The number of benzene rings is 2. The Bertz CT molecular complexity index is 839. The fraction of sp³-hybridized carbons (Fsp3) is 0.263. The maximum absolute atomic E-state index is 12.9. The lowest BCUT2D eigenvalue weighted by Gasteiger charge is -2.22. The second-order valence-electron chi connectivity index (χ2n) is 6.28. The summed E-state index contributed by atoms with van der Waals surface area (Å²) in [6.07, 6.45) is 0. The molecule has 2 aromatic carbocycles. The van der Waals surface area contributed by atoms with Gasteiger partial charge in [0.25, 0.3) is 5.91 Å². The number of amides is 3. The fourth-order valence-corrected chi connectivity index (χ4v) is 2.96. The maximum Gasteiger partial charge on any atom is 0.387 e. The van der Waals surface area contributed by atoms with Crippen LogP contribution in [-0.2, 0) is 16.9 Å². The molecule has 26 heavy (non-hydrogen) atoms. The van der Waals surface area contributed by atoms with Gasteiger partial charge in [0.1, 0.15) is 11.3 Å². The molecule has 1 fully saturated rings. The molecule has 3 rings (SSSR count). The van der Waals surface area contributed by atoms with Gasteiger partial charge in [0.2, 0.25) is 0 Å². The summed E-state index contributed by atoms with van der Waals surface area (Å²) in [5.74, 6) is -0.408. The molecule has 7 heteroatoms. The minimum absolute atomic E-state index is 0.0131. The molecular weight excluding hydrogens is 342 g/mol. The van der Waals surface area contributed by atoms with Crippen molar-refractivity contribution in [1.82, 2.24) is 10.2 Å². The van der Waals surface area contributed by atoms with Crippen LogP contribution in [0.25, 0.3) is 0 Å². The fourth-order valence-electron chi connectivity index (χ4n) is 2.96. The van der Waals surface area contributed by atoms with Gasteiger partial charge in [-0.1, -0.05) is 36.4 Å². The van der Waals surface area contributed by atoms with E-state index in [-0.39, 0.29) is 12.3 Å². The van der Waals surface area contributed by atoms with E-state index in [1.54, 1.807) is 6.92 Å². The van der Waals surface area contributed by atoms with Crippen LogP contribution in [0.15, 0.2) is 48.5 Å². The largest absolute Gasteiger partial charge is 0.435 e. The standard InChI is InChI=1S/C19H18F2N2O3/c1-12-5-3-4-6-13(12)11-23-16(24)19(2,22-18(23)25)14-7-9-15(10-8-14)26-17(20)21/h3-10,17H,11H2,1-2H3,(H,22,25). The molecule has 0 saturated carbocycles. The zero-order valence-corrected chi connectivity index (χ0v) is 14.3. The monoisotopic (exact) mass is 360 g/mol. The second-order valence-corrected chi connectivity index (χ2v) is 6.28. The minimum atomic E-state index is -2.92. The Morgan fingerprint density at radius 1 is 1.12 bits per heavy atom. The van der Waals surface area contributed by atoms with Crippen molar-refractivity contribution in [3.63, 3.8) is 0 Å². The average Bonchev–Trinajstić information content (AvgIpc) is 2.81. The zero-order chi connectivity index (χ0) is 18.9. The van der Waals surface area contributed by atoms with Gasteiger partial charge in [0, 0.05) is 0 Å². The molecule has 1 aliphatic rings. The molecule has 1 saturated heterocycles. The van der Waals surface area contributed by atoms with E-state index in [2.05, 4.69) is 10.1 Å². The number of carbonyl (C=O) groups is 2. The quantitative estimate of drug-likeness (QED) is 0.830. The summed E-state index contributed by atoms with van der Waals surface area (Å²) in [6, 6.07) is 12.7. The number of aryl methyl sites for hydroxylation is 1. The molecule has 0 spiro atoms. The van der Waals surface area contributed by atoms with Crippen molar-refractivity contribution in [2.45, 2.75) is 32.5 Å². The van der Waals surface area contributed by atoms with Gasteiger partial charge >= 0.3 is 12.6 Å². The third-order valence-corrected chi connectivity index (χ3v) is 4.52. The number of nitrogens with one attached hydrogen (secondary N) is 1. The summed E-state index contributed by atoms with van der Waals surface area (Å²) in [7, 11) is 0. The van der Waals surface area contributed by atoms with Gasteiger partial charge < -0.3 is 10.1 Å². The number of carbonyl (C=O) groups excluding carboxylic acids is 2. The van der Waals surface area contributed by atoms with Crippen LogP contribution in [-0.4, -0.2) is 23.4 Å². The number of imide groups is 1. The van der Waals surface area contributed by atoms with Crippen LogP contribution < -0.4 is 10.1 Å². The molecule has 5 nitrogen and oxygen atoms in total. The number of ether oxygens (including phenoxy) is 1. The first-order valence-electron chi connectivity index (χ1n) is 8.05. The number of hydrogen-bond donors (Lipinski definition) is 1. The topological polar surface area (TPSA) is 58.6 Å². The summed E-state index contributed by atoms with van der Waals surface area (Å²) in [4.78, 5) is 26.4. The molecule has 1 N–H and O–H groups in total. The van der Waals surface area contributed by atoms with Crippen molar-refractivity contribution < 1.29 is 23.1 Å². The Morgan fingerprint density at radius 2 is 1.77 bits per heavy atom. The van der Waals surface area contributed by atoms with Crippen LogP contribution in [0.4, 0.5) is 13.6 Å². The van der Waals surface area contributed by atoms with Gasteiger partial charge in [-0.2, -0.15) is 8.78 Å². The van der Waals surface area contributed by atoms with Crippen molar-refractivity contribution in [2.75, 3.05) is 0 Å². The van der Waals surface area contributed by atoms with E-state index in [0.29, 0.717) is 5.56 Å². The van der Waals surface area contributed by atoms with E-state index in [4.69, 9.17) is 0 Å². The third-order valence-electron chi connectivity index (χ3n) is 4.52. The average molecular weight is 360 g/mol. The summed E-state index contributed by atoms with van der Waals surface area (Å²) in [6.45, 7) is 0.747. The molecule has 2 aromatic rings. The summed E-state index contributed by atoms with van der Waals surface area (Å²) < 4.78 is 28.8. The molecule has 1 atom stereocenters. The summed E-state index contributed by atoms with van der Waals surface area (Å²) >= 11 is 0. The Labute approximate surface area is 149 Å². The van der Waals surface area contributed by atoms with Crippen molar-refractivity contribution in [3.8, 4) is 5.75 Å². The Morgan fingerprint density at radius 3 is 2.38 bits per heavy atom. The number of rotatable bonds is 5. The number of hydrogen-bond acceptors (Lipinski definition) is 3. The van der Waals surface area contributed by atoms with E-state index in [9.17, 15) is 18.4 Å². The van der Waals surface area contributed by atoms with Gasteiger partial charge in [-0.05, 0) is 42.7 Å². The van der Waals surface area contributed by atoms with Crippen molar-refractivity contribution in [1.29, 1.82) is 0 Å². The second kappa shape index (κ2) is 6.74. The molecular formula is C19H18F2N2O3. The van der Waals surface area contributed by atoms with Crippen molar-refractivity contribution >= 4 is 11.9 Å². The van der Waals surface area contributed by atoms with Crippen LogP contribution in [0.5, 0.6) is 5.75 Å². The molecule has 136 valence electrons. The lowest BCUT2D eigenvalue weighted by molar-refractivity contribution is -0.131. The number of urea groups is 1. The van der Waals surface area contributed by atoms with E-state index < -0.39 is 24.1 Å². The normalized spacial score (nSPS) is 19.8. The smallest absolute Gasteiger partial charge is 0.387 e. The number of alkyl halides is 2. The van der Waals surface area contributed by atoms with Crippen LogP contribution in [0.3, 0.4) is 0 Å². The highest BCUT2D eigenvalue weighted by molar-refractivity contribution is 6.07. The predicted molar refractivity (Wildman–Crippen MR) is 90.7 cm³/mol. The number of nitrogens with zero attached hydrogens (tertiary/aromatic N) is 1. The zero-order valence-electron chi connectivity index (χ0n) is 14.3. The summed E-state index contributed by atoms with van der Waals surface area (Å²) in [5, 5.41) is 2.69. The van der Waals surface area contributed by atoms with Crippen LogP contribution in [0.2, 0.25) is 0 Å². The van der Waals surface area contributed by atoms with Gasteiger partial charge in [-0.25, -0.2) is 4.79 Å². The Hall–Kier alpha value is -2.96. The van der Waals surface area contributed by atoms with E-state index in [1.807, 2.05) is 31.2 Å². The highest BCUT2D eigenvalue weighted by atomic mass is 19.3. The van der Waals surface area contributed by atoms with Crippen LogP contribution in [0, 0.1) is 6.92 Å². The molecule has 0 bridgehead atoms. The number of halogens is 2. The van der Waals surface area contributed by atoms with Crippen LogP contribution in [0.1, 0.15) is 23.6 Å². The molecule has 3 amide bonds. The van der Waals surface area contributed by atoms with Gasteiger partial charge in [0.15, 0.2) is 0 Å². The third kappa shape index (κ3) is 3.24. The lowest BCUT2D eigenvalue weighted by Crippen LogP contribution is -2.40. The van der Waals surface area contributed by atoms with Gasteiger partial charge in [-0.15, -0.1) is 0 Å². The van der Waals surface area contributed by atoms with Gasteiger partial charge in [-0.3, -0.25) is 9.69 Å². The first-order valence-corrected chi connectivity index (χ1v) is 8.05. The van der Waals surface area contributed by atoms with E-state index >= 15 is 0 Å². The summed E-state index contributed by atoms with van der Waals surface area (Å²) in [5.41, 5.74) is 1.09. The van der Waals surface area contributed by atoms with Crippen molar-refractivity contribution in [3.05, 3.63) is 65.2 Å². The first kappa shape index (κ1) is 17.8. The molecule has 0 radical (unpaired) electrons. The predicted octanol–water partition coefficient (Wildman–Crippen LogP) is 3.56. The van der Waals surface area contributed by atoms with Crippen molar-refractivity contribution in [2.24, 2.45) is 0 Å². The SMILES string of the molecule is Cc1ccccc1CN1C(=O)NC(C)(c2ccc(OC(F)F)cc2)C1=O. The Balaban J connectivity index is 1.83. The minimum Gasteiger partial charge on any atom is -0.435 e. The Kier molecular flexibility index (Phi) is 4.63. The van der Waals surface area contributed by atoms with E-state index in [0.717, 1.165) is 16.0 Å². The molecule has 0 aliphatic carbocycles. The first-order chi connectivity index (χ1) is 12.3. The highest BCUT2D eigenvalue weighted by Crippen LogP contribution is 2.31. The van der Waals surface area contributed by atoms with Crippen LogP contribution >= 0.6 is 0 Å². The molecule has 0 aromatic heterocycles. The lowest BCUT2D eigenvalue weighted by atomic mass is 9.92. The maximum atomic E-state index is 12.9. The molecule has 1 unspecified atom stereocenters. The molecule has 1 heterocycles.